The van der Waals surface area contributed by atoms with Gasteiger partial charge in [0.05, 0.1) is 0 Å². The third kappa shape index (κ3) is 3.27. The van der Waals surface area contributed by atoms with Crippen molar-refractivity contribution in [3.05, 3.63) is 35.6 Å². The Bertz CT molecular complexity index is 370. The van der Waals surface area contributed by atoms with E-state index in [9.17, 15) is 4.39 Å². The summed E-state index contributed by atoms with van der Waals surface area (Å²) >= 11 is 0. The Hall–Kier alpha value is -0.930. The lowest BCUT2D eigenvalue weighted by molar-refractivity contribution is 0.182. The van der Waals surface area contributed by atoms with E-state index < -0.39 is 0 Å². The number of likely N-dealkylation sites (tertiary alicyclic amines) is 1. The zero-order valence-electron chi connectivity index (χ0n) is 10.5. The molecule has 0 spiro atoms. The van der Waals surface area contributed by atoms with Crippen molar-refractivity contribution in [3.8, 4) is 0 Å². The second kappa shape index (κ2) is 5.15. The number of hydrogen-bond acceptors (Lipinski definition) is 2. The van der Waals surface area contributed by atoms with Crippen molar-refractivity contribution in [1.29, 1.82) is 0 Å². The Morgan fingerprint density at radius 1 is 1.29 bits per heavy atom. The predicted molar refractivity (Wildman–Crippen MR) is 68.4 cm³/mol. The Balaban J connectivity index is 1.92. The van der Waals surface area contributed by atoms with Crippen LogP contribution in [0.2, 0.25) is 0 Å². The van der Waals surface area contributed by atoms with E-state index >= 15 is 0 Å². The lowest BCUT2D eigenvalue weighted by Gasteiger charge is -2.37. The van der Waals surface area contributed by atoms with Gasteiger partial charge in [0, 0.05) is 5.54 Å². The number of nitrogens with two attached hydrogens (primary N) is 1. The van der Waals surface area contributed by atoms with Crippen LogP contribution in [0.4, 0.5) is 4.39 Å². The van der Waals surface area contributed by atoms with E-state index in [-0.39, 0.29) is 11.4 Å². The first kappa shape index (κ1) is 12.5. The second-order valence-electron chi connectivity index (χ2n) is 5.26. The van der Waals surface area contributed by atoms with Crippen LogP contribution in [-0.4, -0.2) is 30.6 Å². The highest BCUT2D eigenvalue weighted by molar-refractivity contribution is 5.17. The van der Waals surface area contributed by atoms with Gasteiger partial charge in [-0.1, -0.05) is 18.2 Å². The van der Waals surface area contributed by atoms with E-state index in [1.54, 1.807) is 6.07 Å². The van der Waals surface area contributed by atoms with E-state index in [0.717, 1.165) is 44.3 Å². The fourth-order valence-corrected chi connectivity index (χ4v) is 2.40. The van der Waals surface area contributed by atoms with Gasteiger partial charge in [0.15, 0.2) is 0 Å². The maximum absolute atomic E-state index is 13.5. The average Bonchev–Trinajstić information content (AvgIpc) is 2.33. The van der Waals surface area contributed by atoms with Gasteiger partial charge in [0.1, 0.15) is 5.82 Å². The van der Waals surface area contributed by atoms with Crippen LogP contribution in [-0.2, 0) is 6.42 Å². The first-order chi connectivity index (χ1) is 8.09. The van der Waals surface area contributed by atoms with E-state index in [0.29, 0.717) is 0 Å². The monoisotopic (exact) mass is 236 g/mol. The van der Waals surface area contributed by atoms with Crippen molar-refractivity contribution < 1.29 is 4.39 Å². The highest BCUT2D eigenvalue weighted by atomic mass is 19.1. The number of hydrogen-bond donors (Lipinski definition) is 1. The summed E-state index contributed by atoms with van der Waals surface area (Å²) < 4.78 is 13.5. The normalized spacial score (nSPS) is 20.4. The van der Waals surface area contributed by atoms with Crippen LogP contribution in [0.25, 0.3) is 0 Å². The van der Waals surface area contributed by atoms with Gasteiger partial charge >= 0.3 is 0 Å². The molecule has 0 amide bonds. The topological polar surface area (TPSA) is 29.3 Å². The summed E-state index contributed by atoms with van der Waals surface area (Å²) in [7, 11) is 2.12. The fourth-order valence-electron chi connectivity index (χ4n) is 2.40. The van der Waals surface area contributed by atoms with Gasteiger partial charge in [-0.25, -0.2) is 4.39 Å². The maximum Gasteiger partial charge on any atom is 0.126 e. The summed E-state index contributed by atoms with van der Waals surface area (Å²) in [5.41, 5.74) is 7.06. The number of aryl methyl sites for hydroxylation is 1. The standard InChI is InChI=1S/C14H21FN2/c1-17-10-8-14(16,9-11-17)7-6-12-4-2-3-5-13(12)15/h2-5H,6-11,16H2,1H3. The molecule has 1 aliphatic rings. The van der Waals surface area contributed by atoms with Gasteiger partial charge in [-0.05, 0) is 57.5 Å². The van der Waals surface area contributed by atoms with E-state index in [4.69, 9.17) is 5.73 Å². The largest absolute Gasteiger partial charge is 0.325 e. The van der Waals surface area contributed by atoms with E-state index in [1.165, 1.54) is 6.07 Å². The SMILES string of the molecule is CN1CCC(N)(CCc2ccccc2F)CC1. The highest BCUT2D eigenvalue weighted by Gasteiger charge is 2.29. The molecule has 94 valence electrons. The molecule has 2 nitrogen and oxygen atoms in total. The fraction of sp³-hybridized carbons (Fsp3) is 0.571. The Kier molecular flexibility index (Phi) is 3.79. The first-order valence-corrected chi connectivity index (χ1v) is 6.30. The lowest BCUT2D eigenvalue weighted by atomic mass is 9.83. The van der Waals surface area contributed by atoms with Crippen LogP contribution < -0.4 is 5.73 Å². The summed E-state index contributed by atoms with van der Waals surface area (Å²) in [4.78, 5) is 2.30. The summed E-state index contributed by atoms with van der Waals surface area (Å²) in [6.45, 7) is 2.10. The first-order valence-electron chi connectivity index (χ1n) is 6.30. The molecule has 1 saturated heterocycles. The zero-order chi connectivity index (χ0) is 12.3. The van der Waals surface area contributed by atoms with Crippen LogP contribution in [0.5, 0.6) is 0 Å². The molecule has 0 saturated carbocycles. The molecule has 0 unspecified atom stereocenters. The third-order valence-corrected chi connectivity index (χ3v) is 3.83. The molecule has 1 heterocycles. The average molecular weight is 236 g/mol. The molecule has 1 aliphatic heterocycles. The van der Waals surface area contributed by atoms with Gasteiger partial charge in [-0.3, -0.25) is 0 Å². The quantitative estimate of drug-likeness (QED) is 0.871. The molecular formula is C14H21FN2. The number of benzene rings is 1. The molecule has 0 aliphatic carbocycles. The van der Waals surface area contributed by atoms with Crippen molar-refractivity contribution in [1.82, 2.24) is 4.90 Å². The number of halogens is 1. The maximum atomic E-state index is 13.5. The van der Waals surface area contributed by atoms with Crippen molar-refractivity contribution in [2.75, 3.05) is 20.1 Å². The molecule has 0 atom stereocenters. The van der Waals surface area contributed by atoms with E-state index in [1.807, 2.05) is 12.1 Å². The van der Waals surface area contributed by atoms with Gasteiger partial charge in [0.25, 0.3) is 0 Å². The summed E-state index contributed by atoms with van der Waals surface area (Å²) in [6.07, 6.45) is 3.64. The predicted octanol–water partition coefficient (Wildman–Crippen LogP) is 2.18. The van der Waals surface area contributed by atoms with Gasteiger partial charge in [0.2, 0.25) is 0 Å². The van der Waals surface area contributed by atoms with Crippen molar-refractivity contribution >= 4 is 0 Å². The highest BCUT2D eigenvalue weighted by Crippen LogP contribution is 2.24. The van der Waals surface area contributed by atoms with Crippen LogP contribution in [0.15, 0.2) is 24.3 Å². The van der Waals surface area contributed by atoms with Gasteiger partial charge in [-0.15, -0.1) is 0 Å². The van der Waals surface area contributed by atoms with Crippen molar-refractivity contribution in [3.63, 3.8) is 0 Å². The Morgan fingerprint density at radius 3 is 2.59 bits per heavy atom. The molecule has 1 aromatic carbocycles. The molecule has 1 aromatic rings. The third-order valence-electron chi connectivity index (χ3n) is 3.83. The minimum Gasteiger partial charge on any atom is -0.325 e. The molecule has 0 radical (unpaired) electrons. The Labute approximate surface area is 103 Å². The summed E-state index contributed by atoms with van der Waals surface area (Å²) in [6, 6.07) is 6.99. The van der Waals surface area contributed by atoms with Crippen molar-refractivity contribution in [2.24, 2.45) is 5.73 Å². The van der Waals surface area contributed by atoms with Gasteiger partial charge in [-0.2, -0.15) is 0 Å². The van der Waals surface area contributed by atoms with Crippen LogP contribution in [0.3, 0.4) is 0 Å². The summed E-state index contributed by atoms with van der Waals surface area (Å²) in [5, 5.41) is 0. The summed E-state index contributed by atoms with van der Waals surface area (Å²) in [5.74, 6) is -0.107. The molecule has 3 heteroatoms. The smallest absolute Gasteiger partial charge is 0.126 e. The Morgan fingerprint density at radius 2 is 1.94 bits per heavy atom. The number of nitrogens with zero attached hydrogens (tertiary/aromatic N) is 1. The van der Waals surface area contributed by atoms with E-state index in [2.05, 4.69) is 11.9 Å². The molecule has 17 heavy (non-hydrogen) atoms. The lowest BCUT2D eigenvalue weighted by Crippen LogP contribution is -2.49. The minimum atomic E-state index is -0.107. The molecule has 2 N–H and O–H groups in total. The van der Waals surface area contributed by atoms with Crippen LogP contribution >= 0.6 is 0 Å². The van der Waals surface area contributed by atoms with Gasteiger partial charge < -0.3 is 10.6 Å². The zero-order valence-corrected chi connectivity index (χ0v) is 10.5. The molecule has 2 rings (SSSR count). The molecular weight excluding hydrogens is 215 g/mol. The number of rotatable bonds is 3. The molecule has 0 bridgehead atoms. The molecule has 0 aromatic heterocycles. The minimum absolute atomic E-state index is 0.102. The second-order valence-corrected chi connectivity index (χ2v) is 5.26. The molecule has 1 fully saturated rings. The van der Waals surface area contributed by atoms with Crippen LogP contribution in [0.1, 0.15) is 24.8 Å². The van der Waals surface area contributed by atoms with Crippen molar-refractivity contribution in [2.45, 2.75) is 31.2 Å². The number of piperidine rings is 1. The van der Waals surface area contributed by atoms with Crippen LogP contribution in [0, 0.1) is 5.82 Å².